The molecule has 88 valence electrons. The van der Waals surface area contributed by atoms with Gasteiger partial charge in [0.2, 0.25) is 10.0 Å². The average molecular weight is 244 g/mol. The van der Waals surface area contributed by atoms with E-state index in [1.54, 1.807) is 24.3 Å². The van der Waals surface area contributed by atoms with Crippen LogP contribution in [0.5, 0.6) is 0 Å². The Hall–Kier alpha value is -1.60. The van der Waals surface area contributed by atoms with Crippen molar-refractivity contribution < 1.29 is 18.3 Å². The fraction of sp³-hybridized carbons (Fsp3) is 0.222. The van der Waals surface area contributed by atoms with Crippen molar-refractivity contribution >= 4 is 21.8 Å². The maximum Gasteiger partial charge on any atom is 0.409 e. The fourth-order valence-electron chi connectivity index (χ4n) is 1.10. The highest BCUT2D eigenvalue weighted by Gasteiger charge is 2.02. The predicted octanol–water partition coefficient (Wildman–Crippen LogP) is 0.826. The molecule has 3 N–H and O–H groups in total. The van der Waals surface area contributed by atoms with E-state index >= 15 is 0 Å². The van der Waals surface area contributed by atoms with Gasteiger partial charge >= 0.3 is 6.09 Å². The highest BCUT2D eigenvalue weighted by Crippen LogP contribution is 2.10. The molecule has 16 heavy (non-hydrogen) atoms. The van der Waals surface area contributed by atoms with Crippen LogP contribution in [-0.2, 0) is 16.6 Å². The largest absolute Gasteiger partial charge is 0.465 e. The minimum Gasteiger partial charge on any atom is -0.465 e. The van der Waals surface area contributed by atoms with Crippen LogP contribution in [0, 0.1) is 0 Å². The molecule has 1 amide bonds. The molecule has 0 unspecified atom stereocenters. The van der Waals surface area contributed by atoms with E-state index in [0.717, 1.165) is 6.26 Å². The first-order valence-corrected chi connectivity index (χ1v) is 6.29. The molecule has 6 nitrogen and oxygen atoms in total. The van der Waals surface area contributed by atoms with Gasteiger partial charge in [0, 0.05) is 12.2 Å². The average Bonchev–Trinajstić information content (AvgIpc) is 2.13. The molecule has 0 saturated heterocycles. The molecule has 0 fully saturated rings. The van der Waals surface area contributed by atoms with Crippen LogP contribution >= 0.6 is 0 Å². The second kappa shape index (κ2) is 4.95. The van der Waals surface area contributed by atoms with Crippen molar-refractivity contribution in [3.8, 4) is 0 Å². The van der Waals surface area contributed by atoms with E-state index in [-0.39, 0.29) is 6.54 Å². The van der Waals surface area contributed by atoms with Crippen LogP contribution in [0.1, 0.15) is 5.56 Å². The maximum absolute atomic E-state index is 10.8. The molecule has 0 spiro atoms. The zero-order chi connectivity index (χ0) is 12.2. The molecule has 0 radical (unpaired) electrons. The number of nitrogens with one attached hydrogen (secondary N) is 2. The first-order valence-electron chi connectivity index (χ1n) is 4.40. The lowest BCUT2D eigenvalue weighted by Crippen LogP contribution is -2.21. The van der Waals surface area contributed by atoms with Gasteiger partial charge in [-0.1, -0.05) is 12.1 Å². The van der Waals surface area contributed by atoms with E-state index < -0.39 is 16.1 Å². The van der Waals surface area contributed by atoms with E-state index in [0.29, 0.717) is 11.3 Å². The van der Waals surface area contributed by atoms with Gasteiger partial charge in [-0.05, 0) is 17.7 Å². The van der Waals surface area contributed by atoms with Crippen LogP contribution in [0.15, 0.2) is 24.3 Å². The summed E-state index contributed by atoms with van der Waals surface area (Å²) in [6, 6.07) is 6.49. The molecule has 0 heterocycles. The maximum atomic E-state index is 10.8. The summed E-state index contributed by atoms with van der Waals surface area (Å²) in [4.78, 5) is 10.4. The molecular weight excluding hydrogens is 232 g/mol. The monoisotopic (exact) mass is 244 g/mol. The summed E-state index contributed by atoms with van der Waals surface area (Å²) in [7, 11) is -3.24. The molecule has 0 aromatic heterocycles. The van der Waals surface area contributed by atoms with Crippen LogP contribution < -0.4 is 10.0 Å². The molecular formula is C9H12N2O4S. The highest BCUT2D eigenvalue weighted by atomic mass is 32.2. The van der Waals surface area contributed by atoms with Gasteiger partial charge in [-0.15, -0.1) is 0 Å². The SMILES string of the molecule is CS(=O)(=O)NCc1cccc(NC(=O)O)c1. The Morgan fingerprint density at radius 2 is 2.12 bits per heavy atom. The van der Waals surface area contributed by atoms with Crippen LogP contribution in [0.3, 0.4) is 0 Å². The first kappa shape index (κ1) is 12.5. The topological polar surface area (TPSA) is 95.5 Å². The van der Waals surface area contributed by atoms with Crippen molar-refractivity contribution in [3.05, 3.63) is 29.8 Å². The lowest BCUT2D eigenvalue weighted by atomic mass is 10.2. The van der Waals surface area contributed by atoms with Crippen molar-refractivity contribution in [2.24, 2.45) is 0 Å². The van der Waals surface area contributed by atoms with E-state index in [9.17, 15) is 13.2 Å². The summed E-state index contributed by atoms with van der Waals surface area (Å²) in [5, 5.41) is 10.7. The molecule has 1 aromatic carbocycles. The predicted molar refractivity (Wildman–Crippen MR) is 59.8 cm³/mol. The third-order valence-corrected chi connectivity index (χ3v) is 2.39. The Kier molecular flexibility index (Phi) is 3.86. The van der Waals surface area contributed by atoms with Gasteiger partial charge in [0.25, 0.3) is 0 Å². The number of carbonyl (C=O) groups is 1. The molecule has 1 aromatic rings. The molecule has 1 rings (SSSR count). The number of amides is 1. The second-order valence-corrected chi connectivity index (χ2v) is 5.06. The van der Waals surface area contributed by atoms with Gasteiger partial charge in [-0.25, -0.2) is 17.9 Å². The first-order chi connectivity index (χ1) is 7.37. The zero-order valence-corrected chi connectivity index (χ0v) is 9.41. The van der Waals surface area contributed by atoms with Crippen LogP contribution in [0.2, 0.25) is 0 Å². The van der Waals surface area contributed by atoms with Crippen molar-refractivity contribution in [1.82, 2.24) is 4.72 Å². The van der Waals surface area contributed by atoms with E-state index in [1.807, 2.05) is 0 Å². The van der Waals surface area contributed by atoms with E-state index in [1.165, 1.54) is 0 Å². The van der Waals surface area contributed by atoms with Crippen LogP contribution in [-0.4, -0.2) is 25.9 Å². The van der Waals surface area contributed by atoms with Crippen LogP contribution in [0.4, 0.5) is 10.5 Å². The lowest BCUT2D eigenvalue weighted by Gasteiger charge is -2.05. The lowest BCUT2D eigenvalue weighted by molar-refractivity contribution is 0.209. The smallest absolute Gasteiger partial charge is 0.409 e. The summed E-state index contributed by atoms with van der Waals surface area (Å²) in [5.41, 5.74) is 1.08. The third-order valence-electron chi connectivity index (χ3n) is 1.72. The van der Waals surface area contributed by atoms with Gasteiger partial charge in [0.1, 0.15) is 0 Å². The Labute approximate surface area is 93.3 Å². The number of sulfonamides is 1. The van der Waals surface area contributed by atoms with Gasteiger partial charge < -0.3 is 5.11 Å². The summed E-state index contributed by atoms with van der Waals surface area (Å²) in [6.07, 6.45) is -0.0972. The number of anilines is 1. The molecule has 0 atom stereocenters. The molecule has 0 bridgehead atoms. The second-order valence-electron chi connectivity index (χ2n) is 3.22. The normalized spacial score (nSPS) is 11.1. The highest BCUT2D eigenvalue weighted by molar-refractivity contribution is 7.88. The number of hydrogen-bond donors (Lipinski definition) is 3. The molecule has 0 aliphatic carbocycles. The number of hydrogen-bond acceptors (Lipinski definition) is 3. The summed E-state index contributed by atoms with van der Waals surface area (Å²) in [5.74, 6) is 0. The summed E-state index contributed by atoms with van der Waals surface area (Å²) < 4.78 is 24.0. The van der Waals surface area contributed by atoms with Gasteiger partial charge in [0.15, 0.2) is 0 Å². The van der Waals surface area contributed by atoms with E-state index in [2.05, 4.69) is 10.0 Å². The minimum atomic E-state index is -3.24. The fourth-order valence-corrected chi connectivity index (χ4v) is 1.53. The Balaban J connectivity index is 2.71. The molecule has 0 aliphatic heterocycles. The van der Waals surface area contributed by atoms with Gasteiger partial charge in [-0.3, -0.25) is 5.32 Å². The summed E-state index contributed by atoms with van der Waals surface area (Å²) in [6.45, 7) is 0.133. The van der Waals surface area contributed by atoms with Crippen molar-refractivity contribution in [2.75, 3.05) is 11.6 Å². The van der Waals surface area contributed by atoms with Gasteiger partial charge in [0.05, 0.1) is 6.26 Å². The summed E-state index contributed by atoms with van der Waals surface area (Å²) >= 11 is 0. The van der Waals surface area contributed by atoms with Crippen molar-refractivity contribution in [1.29, 1.82) is 0 Å². The number of carboxylic acid groups (broad SMARTS) is 1. The van der Waals surface area contributed by atoms with Crippen molar-refractivity contribution in [2.45, 2.75) is 6.54 Å². The van der Waals surface area contributed by atoms with E-state index in [4.69, 9.17) is 5.11 Å². The molecule has 0 aliphatic rings. The molecule has 7 heteroatoms. The Morgan fingerprint density at radius 3 is 2.69 bits per heavy atom. The van der Waals surface area contributed by atoms with Crippen molar-refractivity contribution in [3.63, 3.8) is 0 Å². The zero-order valence-electron chi connectivity index (χ0n) is 8.60. The minimum absolute atomic E-state index is 0.133. The van der Waals surface area contributed by atoms with Crippen LogP contribution in [0.25, 0.3) is 0 Å². The molecule has 0 saturated carbocycles. The number of benzene rings is 1. The van der Waals surface area contributed by atoms with Gasteiger partial charge in [-0.2, -0.15) is 0 Å². The standard InChI is InChI=1S/C9H12N2O4S/c1-16(14,15)10-6-7-3-2-4-8(5-7)11-9(12)13/h2-5,10-11H,6H2,1H3,(H,12,13). The number of rotatable bonds is 4. The third kappa shape index (κ3) is 4.76. The quantitative estimate of drug-likeness (QED) is 0.730. The Bertz CT molecular complexity index is 484. The Morgan fingerprint density at radius 1 is 1.44 bits per heavy atom.